The molecule has 0 unspecified atom stereocenters. The third kappa shape index (κ3) is 9.06. The summed E-state index contributed by atoms with van der Waals surface area (Å²) in [5, 5.41) is 3.10. The fraction of sp³-hybridized carbons (Fsp3) is 0.744. The van der Waals surface area contributed by atoms with E-state index in [1.165, 1.54) is 5.82 Å². The average Bonchev–Trinajstić information content (AvgIpc) is 3.33. The minimum absolute atomic E-state index is 0.00333. The standard InChI is InChI=1S/C39H60NO10P/c1-9-45-51(43,46-10-2)21-19-33(29-14-12-11-13-15-29)40-35(42)30(22-25(3)4)23-34(41)27(6)24-44-36-28(7)32-17-16-26(5)31-18-20-38(8)48-37(47-36)39(31,32)50-49-38/h11-15,19,21,25-28,30-33,36-37H,9-10,16-18,20,22-24H2,1-8H3,(H,40,42)/b21-19+/t26-,27+,28-,30-,31+,32+,33-,36+,37-,38+,39-/m1/s1. The first-order chi connectivity index (χ1) is 24.2. The van der Waals surface area contributed by atoms with Crippen LogP contribution in [0.1, 0.15) is 106 Å². The molecule has 1 saturated carbocycles. The number of amides is 1. The third-order valence-corrected chi connectivity index (χ3v) is 13.0. The van der Waals surface area contributed by atoms with Gasteiger partial charge in [0.05, 0.1) is 25.9 Å². The summed E-state index contributed by atoms with van der Waals surface area (Å²) in [5.41, 5.74) is 0.124. The first-order valence-electron chi connectivity index (χ1n) is 19.0. The first kappa shape index (κ1) is 40.2. The van der Waals surface area contributed by atoms with Gasteiger partial charge in [0, 0.05) is 42.3 Å². The van der Waals surface area contributed by atoms with Crippen molar-refractivity contribution in [3.8, 4) is 0 Å². The lowest BCUT2D eigenvalue weighted by Crippen LogP contribution is -2.70. The number of ketones is 1. The van der Waals surface area contributed by atoms with Gasteiger partial charge in [-0.3, -0.25) is 14.2 Å². The lowest BCUT2D eigenvalue weighted by Gasteiger charge is -2.60. The van der Waals surface area contributed by atoms with E-state index in [9.17, 15) is 14.2 Å². The maximum atomic E-state index is 13.9. The lowest BCUT2D eigenvalue weighted by atomic mass is 9.58. The van der Waals surface area contributed by atoms with Crippen LogP contribution >= 0.6 is 7.60 Å². The van der Waals surface area contributed by atoms with Crippen LogP contribution in [0.4, 0.5) is 0 Å². The Morgan fingerprint density at radius 3 is 2.39 bits per heavy atom. The molecule has 12 heteroatoms. The summed E-state index contributed by atoms with van der Waals surface area (Å²) in [5.74, 6) is 0.217. The number of hydrogen-bond acceptors (Lipinski definition) is 10. The lowest BCUT2D eigenvalue weighted by molar-refractivity contribution is -0.577. The van der Waals surface area contributed by atoms with Crippen molar-refractivity contribution in [2.24, 2.45) is 41.4 Å². The van der Waals surface area contributed by atoms with E-state index in [2.05, 4.69) is 19.2 Å². The van der Waals surface area contributed by atoms with Gasteiger partial charge in [0.2, 0.25) is 11.7 Å². The number of ether oxygens (including phenoxy) is 3. The van der Waals surface area contributed by atoms with E-state index in [1.807, 2.05) is 58.0 Å². The Morgan fingerprint density at radius 1 is 1.02 bits per heavy atom. The largest absolute Gasteiger partial charge is 0.353 e. The Morgan fingerprint density at radius 2 is 1.73 bits per heavy atom. The molecule has 1 aromatic rings. The zero-order valence-corrected chi connectivity index (χ0v) is 32.6. The van der Waals surface area contributed by atoms with E-state index in [0.29, 0.717) is 12.3 Å². The summed E-state index contributed by atoms with van der Waals surface area (Å²) in [4.78, 5) is 39.8. The zero-order valence-electron chi connectivity index (χ0n) is 31.7. The molecule has 1 N–H and O–H groups in total. The van der Waals surface area contributed by atoms with Gasteiger partial charge in [-0.05, 0) is 75.8 Å². The summed E-state index contributed by atoms with van der Waals surface area (Å²) in [7, 11) is -3.50. The second kappa shape index (κ2) is 17.0. The molecular formula is C39H60NO10P. The number of carbonyl (C=O) groups excluding carboxylic acids is 2. The molecule has 0 aromatic heterocycles. The van der Waals surface area contributed by atoms with Crippen molar-refractivity contribution in [3.05, 3.63) is 47.8 Å². The van der Waals surface area contributed by atoms with Gasteiger partial charge in [-0.2, -0.15) is 0 Å². The molecule has 1 amide bonds. The van der Waals surface area contributed by atoms with Crippen molar-refractivity contribution in [2.45, 2.75) is 124 Å². The highest BCUT2D eigenvalue weighted by atomic mass is 31.2. The van der Waals surface area contributed by atoms with Crippen molar-refractivity contribution >= 4 is 19.3 Å². The van der Waals surface area contributed by atoms with E-state index in [4.69, 9.17) is 33.0 Å². The second-order valence-corrected chi connectivity index (χ2v) is 17.5. The Hall–Kier alpha value is -1.95. The molecule has 11 atom stereocenters. The monoisotopic (exact) mass is 733 g/mol. The maximum Gasteiger partial charge on any atom is 0.353 e. The van der Waals surface area contributed by atoms with Crippen LogP contribution in [0.2, 0.25) is 0 Å². The van der Waals surface area contributed by atoms with Crippen molar-refractivity contribution < 1.29 is 47.2 Å². The van der Waals surface area contributed by atoms with Crippen molar-refractivity contribution in [2.75, 3.05) is 19.8 Å². The zero-order chi connectivity index (χ0) is 37.0. The summed E-state index contributed by atoms with van der Waals surface area (Å²) < 4.78 is 43.5. The van der Waals surface area contributed by atoms with Gasteiger partial charge in [0.1, 0.15) is 5.78 Å². The summed E-state index contributed by atoms with van der Waals surface area (Å²) in [6, 6.07) is 8.81. The number of fused-ring (bicyclic) bond motifs is 2. The highest BCUT2D eigenvalue weighted by Gasteiger charge is 2.69. The smallest absolute Gasteiger partial charge is 0.352 e. The van der Waals surface area contributed by atoms with E-state index in [0.717, 1.165) is 31.2 Å². The molecule has 1 aliphatic carbocycles. The summed E-state index contributed by atoms with van der Waals surface area (Å²) in [6.45, 7) is 16.3. The van der Waals surface area contributed by atoms with Crippen molar-refractivity contribution in [1.29, 1.82) is 0 Å². The molecule has 1 spiro atoms. The molecule has 286 valence electrons. The predicted octanol–water partition coefficient (Wildman–Crippen LogP) is 8.11. The van der Waals surface area contributed by atoms with Gasteiger partial charge in [-0.25, -0.2) is 9.78 Å². The third-order valence-electron chi connectivity index (χ3n) is 11.3. The van der Waals surface area contributed by atoms with Crippen LogP contribution in [0.3, 0.4) is 0 Å². The number of rotatable bonds is 17. The molecule has 4 heterocycles. The minimum atomic E-state index is -3.50. The van der Waals surface area contributed by atoms with Crippen molar-refractivity contribution in [1.82, 2.24) is 5.32 Å². The molecule has 4 aliphatic heterocycles. The van der Waals surface area contributed by atoms with E-state index in [1.54, 1.807) is 19.9 Å². The first-order valence-corrected chi connectivity index (χ1v) is 20.6. The maximum absolute atomic E-state index is 13.9. The van der Waals surface area contributed by atoms with Gasteiger partial charge < -0.3 is 28.6 Å². The average molecular weight is 734 g/mol. The Labute approximate surface area is 304 Å². The van der Waals surface area contributed by atoms with Crippen LogP contribution < -0.4 is 5.32 Å². The predicted molar refractivity (Wildman–Crippen MR) is 192 cm³/mol. The molecule has 0 radical (unpaired) electrons. The topological polar surface area (TPSA) is 128 Å². The van der Waals surface area contributed by atoms with E-state index < -0.39 is 49.4 Å². The molecule has 4 saturated heterocycles. The van der Waals surface area contributed by atoms with Crippen LogP contribution in [0.15, 0.2) is 42.2 Å². The number of benzene rings is 1. The second-order valence-electron chi connectivity index (χ2n) is 15.6. The fourth-order valence-electron chi connectivity index (χ4n) is 8.54. The normalized spacial score (nSPS) is 33.7. The Kier molecular flexibility index (Phi) is 13.4. The molecule has 2 bridgehead atoms. The van der Waals surface area contributed by atoms with Gasteiger partial charge >= 0.3 is 7.60 Å². The number of Topliss-reactive ketones (excluding diaryl/α,β-unsaturated/α-hetero) is 1. The van der Waals surface area contributed by atoms with E-state index in [-0.39, 0.29) is 61.6 Å². The molecule has 6 rings (SSSR count). The van der Waals surface area contributed by atoms with Gasteiger partial charge in [-0.1, -0.05) is 65.0 Å². The number of carbonyl (C=O) groups is 2. The summed E-state index contributed by atoms with van der Waals surface area (Å²) in [6.07, 6.45) is 4.78. The quantitative estimate of drug-likeness (QED) is 0.124. The molecule has 51 heavy (non-hydrogen) atoms. The van der Waals surface area contributed by atoms with Crippen LogP contribution in [0.25, 0.3) is 0 Å². The minimum Gasteiger partial charge on any atom is -0.352 e. The van der Waals surface area contributed by atoms with Gasteiger partial charge in [0.15, 0.2) is 18.2 Å². The van der Waals surface area contributed by atoms with Gasteiger partial charge in [0.25, 0.3) is 0 Å². The van der Waals surface area contributed by atoms with Crippen LogP contribution in [-0.2, 0) is 47.2 Å². The molecule has 5 fully saturated rings. The SMILES string of the molecule is CCOP(=O)(/C=C/[C@@H](NC(=O)[C@@H](CC(=O)[C@@H](C)CO[C@H]1O[C@@H]2O[C@]3(C)CC[C@H]4[C@H](C)CC[C@@H]([C@H]1C)[C@@]24OO3)CC(C)C)c1ccccc1)OCC. The van der Waals surface area contributed by atoms with Crippen LogP contribution in [-0.4, -0.2) is 55.5 Å². The van der Waals surface area contributed by atoms with Crippen LogP contribution in [0.5, 0.6) is 0 Å². The molecular weight excluding hydrogens is 673 g/mol. The molecule has 5 aliphatic rings. The fourth-order valence-corrected chi connectivity index (χ4v) is 9.89. The van der Waals surface area contributed by atoms with E-state index >= 15 is 0 Å². The van der Waals surface area contributed by atoms with Crippen molar-refractivity contribution in [3.63, 3.8) is 0 Å². The highest BCUT2D eigenvalue weighted by Crippen LogP contribution is 2.60. The summed E-state index contributed by atoms with van der Waals surface area (Å²) >= 11 is 0. The molecule has 1 aromatic carbocycles. The number of nitrogens with one attached hydrogen (secondary N) is 1. The Bertz CT molecular complexity index is 1400. The Balaban J connectivity index is 1.24. The van der Waals surface area contributed by atoms with Crippen LogP contribution in [0, 0.1) is 41.4 Å². The molecule has 11 nitrogen and oxygen atoms in total. The van der Waals surface area contributed by atoms with Gasteiger partial charge in [-0.15, -0.1) is 0 Å². The highest BCUT2D eigenvalue weighted by molar-refractivity contribution is 7.57. The number of hydrogen-bond donors (Lipinski definition) is 1.